The summed E-state index contributed by atoms with van der Waals surface area (Å²) in [7, 11) is 0. The van der Waals surface area contributed by atoms with Crippen molar-refractivity contribution >= 4 is 34.9 Å². The number of amides is 2. The molecule has 6 nitrogen and oxygen atoms in total. The van der Waals surface area contributed by atoms with Crippen LogP contribution in [0.1, 0.15) is 31.2 Å². The van der Waals surface area contributed by atoms with Crippen LogP contribution in [0.4, 0.5) is 11.5 Å². The molecule has 0 spiro atoms. The molecule has 168 valence electrons. The van der Waals surface area contributed by atoms with Crippen molar-refractivity contribution in [2.45, 2.75) is 32.1 Å². The molecule has 1 saturated heterocycles. The fraction of sp³-hybridized carbons (Fsp3) is 0.480. The Kier molecular flexibility index (Phi) is 6.05. The van der Waals surface area contributed by atoms with E-state index in [-0.39, 0.29) is 23.7 Å². The third kappa shape index (κ3) is 3.96. The number of pyridine rings is 1. The van der Waals surface area contributed by atoms with Crippen molar-refractivity contribution < 1.29 is 9.59 Å². The van der Waals surface area contributed by atoms with Gasteiger partial charge in [-0.15, -0.1) is 0 Å². The van der Waals surface area contributed by atoms with E-state index in [0.717, 1.165) is 50.2 Å². The van der Waals surface area contributed by atoms with E-state index >= 15 is 0 Å². The molecule has 0 N–H and O–H groups in total. The highest BCUT2D eigenvalue weighted by atomic mass is 35.5. The number of carbonyl (C=O) groups excluding carboxylic acids is 2. The number of hydrogen-bond acceptors (Lipinski definition) is 4. The summed E-state index contributed by atoms with van der Waals surface area (Å²) >= 11 is 6.30. The van der Waals surface area contributed by atoms with E-state index in [0.29, 0.717) is 31.2 Å². The third-order valence-electron chi connectivity index (χ3n) is 7.18. The number of rotatable bonds is 3. The maximum atomic E-state index is 13.6. The Balaban J connectivity index is 1.27. The SMILES string of the molecule is O=C(C1CCCCC1C(=O)N1CCc2ccccc21)N1CCN(c2ncccc2Cl)CC1. The normalized spacial score (nSPS) is 23.2. The van der Waals surface area contributed by atoms with Crippen molar-refractivity contribution in [3.63, 3.8) is 0 Å². The number of fused-ring (bicyclic) bond motifs is 1. The topological polar surface area (TPSA) is 56.8 Å². The summed E-state index contributed by atoms with van der Waals surface area (Å²) in [5, 5.41) is 0.635. The standard InChI is InChI=1S/C25H29ClN4O2/c26-21-9-5-12-27-23(21)28-14-16-29(17-15-28)24(31)19-7-2-3-8-20(19)25(32)30-13-11-18-6-1-4-10-22(18)30/h1,4-6,9-10,12,19-20H,2-3,7-8,11,13-17H2. The first-order chi connectivity index (χ1) is 15.6. The molecule has 2 fully saturated rings. The van der Waals surface area contributed by atoms with Gasteiger partial charge >= 0.3 is 0 Å². The van der Waals surface area contributed by atoms with Gasteiger partial charge in [0.05, 0.1) is 10.9 Å². The quantitative estimate of drug-likeness (QED) is 0.711. The highest BCUT2D eigenvalue weighted by molar-refractivity contribution is 6.32. The zero-order valence-corrected chi connectivity index (χ0v) is 19.0. The summed E-state index contributed by atoms with van der Waals surface area (Å²) in [5.74, 6) is 0.619. The number of halogens is 1. The number of hydrogen-bond donors (Lipinski definition) is 0. The van der Waals surface area contributed by atoms with E-state index in [1.165, 1.54) is 5.56 Å². The van der Waals surface area contributed by atoms with E-state index in [9.17, 15) is 9.59 Å². The zero-order valence-electron chi connectivity index (χ0n) is 18.3. The van der Waals surface area contributed by atoms with Crippen molar-refractivity contribution in [1.29, 1.82) is 0 Å². The number of piperazine rings is 1. The van der Waals surface area contributed by atoms with Crippen LogP contribution in [-0.4, -0.2) is 54.4 Å². The summed E-state index contributed by atoms with van der Waals surface area (Å²) in [6.45, 7) is 3.39. The Morgan fingerprint density at radius 2 is 1.59 bits per heavy atom. The number of aromatic nitrogens is 1. The zero-order chi connectivity index (χ0) is 22.1. The van der Waals surface area contributed by atoms with Gasteiger partial charge in [0.15, 0.2) is 0 Å². The second-order valence-corrected chi connectivity index (χ2v) is 9.39. The molecule has 0 radical (unpaired) electrons. The van der Waals surface area contributed by atoms with E-state index < -0.39 is 0 Å². The second-order valence-electron chi connectivity index (χ2n) is 8.99. The number of anilines is 2. The molecule has 1 aliphatic carbocycles. The minimum atomic E-state index is -0.217. The smallest absolute Gasteiger partial charge is 0.230 e. The fourth-order valence-corrected chi connectivity index (χ4v) is 5.71. The summed E-state index contributed by atoms with van der Waals surface area (Å²) in [6, 6.07) is 11.8. The molecule has 2 amide bonds. The minimum absolute atomic E-state index is 0.131. The monoisotopic (exact) mass is 452 g/mol. The highest BCUT2D eigenvalue weighted by Gasteiger charge is 2.41. The third-order valence-corrected chi connectivity index (χ3v) is 7.48. The largest absolute Gasteiger partial charge is 0.352 e. The van der Waals surface area contributed by atoms with Gasteiger partial charge in [0.2, 0.25) is 11.8 Å². The molecule has 1 aromatic heterocycles. The van der Waals surface area contributed by atoms with Crippen LogP contribution in [0.2, 0.25) is 5.02 Å². The Morgan fingerprint density at radius 1 is 0.875 bits per heavy atom. The Labute approximate surface area is 194 Å². The van der Waals surface area contributed by atoms with Gasteiger partial charge in [0, 0.05) is 50.5 Å². The summed E-state index contributed by atoms with van der Waals surface area (Å²) < 4.78 is 0. The van der Waals surface area contributed by atoms with Crippen molar-refractivity contribution in [3.8, 4) is 0 Å². The van der Waals surface area contributed by atoms with Crippen LogP contribution < -0.4 is 9.80 Å². The number of carbonyl (C=O) groups is 2. The second kappa shape index (κ2) is 9.10. The van der Waals surface area contributed by atoms with Crippen LogP contribution in [0.15, 0.2) is 42.6 Å². The van der Waals surface area contributed by atoms with Gasteiger partial charge in [0.1, 0.15) is 5.82 Å². The Morgan fingerprint density at radius 3 is 2.34 bits per heavy atom. The van der Waals surface area contributed by atoms with Gasteiger partial charge in [-0.05, 0) is 43.0 Å². The molecule has 2 aromatic rings. The average Bonchev–Trinajstić information content (AvgIpc) is 3.28. The fourth-order valence-electron chi connectivity index (χ4n) is 5.47. The first-order valence-electron chi connectivity index (χ1n) is 11.7. The van der Waals surface area contributed by atoms with Crippen LogP contribution >= 0.6 is 11.6 Å². The molecule has 5 rings (SSSR count). The molecule has 2 aliphatic heterocycles. The van der Waals surface area contributed by atoms with Crippen molar-refractivity contribution in [2.24, 2.45) is 11.8 Å². The summed E-state index contributed by atoms with van der Waals surface area (Å²) in [4.78, 5) is 37.5. The van der Waals surface area contributed by atoms with Crippen molar-refractivity contribution in [1.82, 2.24) is 9.88 Å². The Hall–Kier alpha value is -2.60. The molecule has 1 saturated carbocycles. The molecular formula is C25H29ClN4O2. The summed E-state index contributed by atoms with van der Waals surface area (Å²) in [5.41, 5.74) is 2.25. The predicted octanol–water partition coefficient (Wildman–Crippen LogP) is 3.78. The van der Waals surface area contributed by atoms with Crippen LogP contribution in [0.3, 0.4) is 0 Å². The Bertz CT molecular complexity index is 1000. The van der Waals surface area contributed by atoms with Crippen molar-refractivity contribution in [2.75, 3.05) is 42.5 Å². The molecule has 2 unspecified atom stereocenters. The van der Waals surface area contributed by atoms with E-state index in [1.54, 1.807) is 6.20 Å². The molecular weight excluding hydrogens is 424 g/mol. The van der Waals surface area contributed by atoms with E-state index in [2.05, 4.69) is 16.0 Å². The minimum Gasteiger partial charge on any atom is -0.352 e. The first-order valence-corrected chi connectivity index (χ1v) is 12.0. The van der Waals surface area contributed by atoms with E-state index in [1.807, 2.05) is 40.1 Å². The maximum Gasteiger partial charge on any atom is 0.230 e. The molecule has 3 heterocycles. The first kappa shape index (κ1) is 21.3. The van der Waals surface area contributed by atoms with Crippen LogP contribution in [0.5, 0.6) is 0 Å². The van der Waals surface area contributed by atoms with Crippen LogP contribution in [-0.2, 0) is 16.0 Å². The molecule has 32 heavy (non-hydrogen) atoms. The maximum absolute atomic E-state index is 13.6. The number of nitrogens with zero attached hydrogens (tertiary/aromatic N) is 4. The molecule has 2 atom stereocenters. The van der Waals surface area contributed by atoms with Gasteiger partial charge in [-0.25, -0.2) is 4.98 Å². The van der Waals surface area contributed by atoms with Crippen molar-refractivity contribution in [3.05, 3.63) is 53.2 Å². The van der Waals surface area contributed by atoms with Crippen LogP contribution in [0, 0.1) is 11.8 Å². The van der Waals surface area contributed by atoms with Gasteiger partial charge in [-0.2, -0.15) is 0 Å². The predicted molar refractivity (Wildman–Crippen MR) is 126 cm³/mol. The van der Waals surface area contributed by atoms with Gasteiger partial charge in [0.25, 0.3) is 0 Å². The molecule has 3 aliphatic rings. The number of para-hydroxylation sites is 1. The summed E-state index contributed by atoms with van der Waals surface area (Å²) in [6.07, 6.45) is 6.27. The lowest BCUT2D eigenvalue weighted by Gasteiger charge is -2.40. The molecule has 1 aromatic carbocycles. The van der Waals surface area contributed by atoms with E-state index in [4.69, 9.17) is 11.6 Å². The lowest BCUT2D eigenvalue weighted by atomic mass is 9.77. The van der Waals surface area contributed by atoms with Gasteiger partial charge in [-0.3, -0.25) is 9.59 Å². The lowest BCUT2D eigenvalue weighted by Crippen LogP contribution is -2.53. The van der Waals surface area contributed by atoms with Gasteiger partial charge in [-0.1, -0.05) is 42.6 Å². The molecule has 7 heteroatoms. The van der Waals surface area contributed by atoms with Gasteiger partial charge < -0.3 is 14.7 Å². The molecule has 0 bridgehead atoms. The van der Waals surface area contributed by atoms with Crippen LogP contribution in [0.25, 0.3) is 0 Å². The number of benzene rings is 1. The average molecular weight is 453 g/mol. The highest BCUT2D eigenvalue weighted by Crippen LogP contribution is 2.37. The lowest BCUT2D eigenvalue weighted by molar-refractivity contribution is -0.143.